The number of fused-ring (bicyclic) bond motifs is 1. The summed E-state index contributed by atoms with van der Waals surface area (Å²) in [6, 6.07) is 18.0. The average molecular weight is 349 g/mol. The smallest absolute Gasteiger partial charge is 0.279 e. The summed E-state index contributed by atoms with van der Waals surface area (Å²) in [5.74, 6) is 0.182. The van der Waals surface area contributed by atoms with E-state index in [1.807, 2.05) is 47.0 Å². The molecule has 124 valence electrons. The summed E-state index contributed by atoms with van der Waals surface area (Å²) in [5.41, 5.74) is 3.22. The summed E-state index contributed by atoms with van der Waals surface area (Å²) in [7, 11) is 0. The molecule has 0 aliphatic rings. The normalized spacial score (nSPS) is 12.2. The maximum absolute atomic E-state index is 12.4. The molecule has 1 N–H and O–H groups in total. The minimum atomic E-state index is -0.314. The zero-order chi connectivity index (χ0) is 17.2. The first-order valence-corrected chi connectivity index (χ1v) is 8.68. The van der Waals surface area contributed by atoms with E-state index in [0.29, 0.717) is 5.95 Å². The van der Waals surface area contributed by atoms with Crippen molar-refractivity contribution in [3.63, 3.8) is 0 Å². The molecule has 2 aromatic carbocycles. The average Bonchev–Trinajstić information content (AvgIpc) is 3.29. The van der Waals surface area contributed by atoms with Gasteiger partial charge in [0.1, 0.15) is 0 Å². The van der Waals surface area contributed by atoms with Crippen molar-refractivity contribution in [3.8, 4) is 0 Å². The lowest BCUT2D eigenvalue weighted by molar-refractivity contribution is 0.102. The SMILES string of the molecule is C[C@H](c1ccccc1)n1c(NC(=O)c2csnn2)nc2ccccc21. The van der Waals surface area contributed by atoms with E-state index in [9.17, 15) is 4.79 Å². The van der Waals surface area contributed by atoms with E-state index in [1.165, 1.54) is 0 Å². The molecule has 1 atom stereocenters. The summed E-state index contributed by atoms with van der Waals surface area (Å²) in [6.45, 7) is 2.09. The molecule has 0 bridgehead atoms. The molecule has 0 spiro atoms. The molecule has 0 saturated carbocycles. The third-order valence-electron chi connectivity index (χ3n) is 4.08. The number of imidazole rings is 1. The maximum atomic E-state index is 12.4. The number of para-hydroxylation sites is 2. The van der Waals surface area contributed by atoms with Crippen molar-refractivity contribution in [1.29, 1.82) is 0 Å². The lowest BCUT2D eigenvalue weighted by Gasteiger charge is -2.18. The van der Waals surface area contributed by atoms with Gasteiger partial charge in [0.25, 0.3) is 5.91 Å². The van der Waals surface area contributed by atoms with Gasteiger partial charge in [0.2, 0.25) is 5.95 Å². The van der Waals surface area contributed by atoms with E-state index >= 15 is 0 Å². The fourth-order valence-corrected chi connectivity index (χ4v) is 3.27. The Morgan fingerprint density at radius 3 is 2.64 bits per heavy atom. The predicted octanol–water partition coefficient (Wildman–Crippen LogP) is 3.75. The number of anilines is 1. The monoisotopic (exact) mass is 349 g/mol. The molecule has 7 heteroatoms. The van der Waals surface area contributed by atoms with Crippen LogP contribution in [0.25, 0.3) is 11.0 Å². The second-order valence-electron chi connectivity index (χ2n) is 5.63. The van der Waals surface area contributed by atoms with E-state index < -0.39 is 0 Å². The lowest BCUT2D eigenvalue weighted by atomic mass is 10.1. The number of rotatable bonds is 4. The zero-order valence-corrected chi connectivity index (χ0v) is 14.3. The van der Waals surface area contributed by atoms with Crippen LogP contribution < -0.4 is 5.32 Å². The number of carbonyl (C=O) groups excluding carboxylic acids is 1. The highest BCUT2D eigenvalue weighted by Gasteiger charge is 2.20. The van der Waals surface area contributed by atoms with Gasteiger partial charge in [0.05, 0.1) is 17.1 Å². The molecule has 0 aliphatic carbocycles. The van der Waals surface area contributed by atoms with Crippen LogP contribution in [0.3, 0.4) is 0 Å². The third-order valence-corrected chi connectivity index (χ3v) is 4.59. The van der Waals surface area contributed by atoms with Gasteiger partial charge in [-0.25, -0.2) is 4.98 Å². The van der Waals surface area contributed by atoms with Crippen LogP contribution in [0, 0.1) is 0 Å². The van der Waals surface area contributed by atoms with Gasteiger partial charge in [0, 0.05) is 5.38 Å². The van der Waals surface area contributed by atoms with Gasteiger partial charge in [0.15, 0.2) is 5.69 Å². The second kappa shape index (κ2) is 6.45. The number of hydrogen-bond acceptors (Lipinski definition) is 5. The molecule has 25 heavy (non-hydrogen) atoms. The van der Waals surface area contributed by atoms with Crippen LogP contribution in [-0.2, 0) is 0 Å². The van der Waals surface area contributed by atoms with Crippen LogP contribution in [0.2, 0.25) is 0 Å². The van der Waals surface area contributed by atoms with Gasteiger partial charge >= 0.3 is 0 Å². The van der Waals surface area contributed by atoms with E-state index in [4.69, 9.17) is 0 Å². The fourth-order valence-electron chi connectivity index (χ4n) is 2.83. The molecule has 1 amide bonds. The van der Waals surface area contributed by atoms with Gasteiger partial charge in [-0.15, -0.1) is 5.10 Å². The Kier molecular flexibility index (Phi) is 3.99. The summed E-state index contributed by atoms with van der Waals surface area (Å²) < 4.78 is 5.77. The van der Waals surface area contributed by atoms with Crippen LogP contribution in [0.1, 0.15) is 29.0 Å². The molecule has 0 saturated heterocycles. The quantitative estimate of drug-likeness (QED) is 0.609. The fraction of sp³-hybridized carbons (Fsp3) is 0.111. The van der Waals surface area contributed by atoms with Gasteiger partial charge < -0.3 is 4.57 Å². The van der Waals surface area contributed by atoms with Crippen LogP contribution in [-0.4, -0.2) is 25.0 Å². The molecule has 2 aromatic heterocycles. The van der Waals surface area contributed by atoms with Crippen molar-refractivity contribution < 1.29 is 4.79 Å². The molecule has 0 unspecified atom stereocenters. The zero-order valence-electron chi connectivity index (χ0n) is 13.5. The Labute approximate surface area is 148 Å². The number of hydrogen-bond donors (Lipinski definition) is 1. The number of amides is 1. The van der Waals surface area contributed by atoms with Gasteiger partial charge in [-0.2, -0.15) is 0 Å². The predicted molar refractivity (Wildman–Crippen MR) is 97.9 cm³/mol. The number of aromatic nitrogens is 4. The maximum Gasteiger partial charge on any atom is 0.279 e. The Bertz CT molecular complexity index is 1010. The number of nitrogens with zero attached hydrogens (tertiary/aromatic N) is 4. The first-order chi connectivity index (χ1) is 12.2. The minimum absolute atomic E-state index is 0.0115. The van der Waals surface area contributed by atoms with Crippen molar-refractivity contribution in [3.05, 3.63) is 71.2 Å². The highest BCUT2D eigenvalue weighted by molar-refractivity contribution is 7.03. The summed E-state index contributed by atoms with van der Waals surface area (Å²) in [6.07, 6.45) is 0. The standard InChI is InChI=1S/C18H15N5OS/c1-12(13-7-3-2-4-8-13)23-16-10-6-5-9-14(16)19-18(23)20-17(24)15-11-25-22-21-15/h2-12H,1H3,(H,19,20,24)/t12-/m1/s1. The summed E-state index contributed by atoms with van der Waals surface area (Å²) in [4.78, 5) is 17.0. The molecule has 4 aromatic rings. The van der Waals surface area contributed by atoms with Crippen LogP contribution in [0.15, 0.2) is 60.0 Å². The molecular weight excluding hydrogens is 334 g/mol. The Balaban J connectivity index is 1.80. The third kappa shape index (κ3) is 2.89. The Morgan fingerprint density at radius 1 is 1.12 bits per heavy atom. The molecular formula is C18H15N5OS. The van der Waals surface area contributed by atoms with Crippen molar-refractivity contribution in [2.24, 2.45) is 0 Å². The topological polar surface area (TPSA) is 72.7 Å². The minimum Gasteiger partial charge on any atom is -0.303 e. The largest absolute Gasteiger partial charge is 0.303 e. The number of carbonyl (C=O) groups is 1. The first kappa shape index (κ1) is 15.5. The molecule has 4 rings (SSSR count). The summed E-state index contributed by atoms with van der Waals surface area (Å²) >= 11 is 1.14. The van der Waals surface area contributed by atoms with Gasteiger partial charge in [-0.3, -0.25) is 10.1 Å². The van der Waals surface area contributed by atoms with Crippen molar-refractivity contribution in [2.75, 3.05) is 5.32 Å². The Morgan fingerprint density at radius 2 is 1.88 bits per heavy atom. The Hall–Kier alpha value is -3.06. The molecule has 0 radical (unpaired) electrons. The highest BCUT2D eigenvalue weighted by atomic mass is 32.1. The molecule has 0 aliphatic heterocycles. The van der Waals surface area contributed by atoms with Crippen molar-refractivity contribution in [1.82, 2.24) is 19.1 Å². The lowest BCUT2D eigenvalue weighted by Crippen LogP contribution is -2.18. The molecule has 2 heterocycles. The van der Waals surface area contributed by atoms with Crippen molar-refractivity contribution >= 4 is 34.4 Å². The van der Waals surface area contributed by atoms with Gasteiger partial charge in [-0.1, -0.05) is 47.0 Å². The molecule has 0 fully saturated rings. The number of nitrogens with one attached hydrogen (secondary N) is 1. The van der Waals surface area contributed by atoms with Gasteiger partial charge in [-0.05, 0) is 36.2 Å². The molecule has 6 nitrogen and oxygen atoms in total. The number of benzene rings is 2. The van der Waals surface area contributed by atoms with Crippen LogP contribution in [0.4, 0.5) is 5.95 Å². The van der Waals surface area contributed by atoms with Crippen LogP contribution in [0.5, 0.6) is 0 Å². The summed E-state index contributed by atoms with van der Waals surface area (Å²) in [5, 5.41) is 8.30. The van der Waals surface area contributed by atoms with Crippen molar-refractivity contribution in [2.45, 2.75) is 13.0 Å². The highest BCUT2D eigenvalue weighted by Crippen LogP contribution is 2.28. The van der Waals surface area contributed by atoms with E-state index in [0.717, 1.165) is 28.1 Å². The van der Waals surface area contributed by atoms with Crippen LogP contribution >= 0.6 is 11.5 Å². The van der Waals surface area contributed by atoms with E-state index in [1.54, 1.807) is 5.38 Å². The van der Waals surface area contributed by atoms with E-state index in [-0.39, 0.29) is 17.6 Å². The second-order valence-corrected chi connectivity index (χ2v) is 6.23. The first-order valence-electron chi connectivity index (χ1n) is 7.84. The van der Waals surface area contributed by atoms with E-state index in [2.05, 4.69) is 38.9 Å².